The van der Waals surface area contributed by atoms with Crippen LogP contribution in [0.15, 0.2) is 151 Å². The van der Waals surface area contributed by atoms with Crippen molar-refractivity contribution in [1.82, 2.24) is 0 Å². The summed E-state index contributed by atoms with van der Waals surface area (Å²) in [5.74, 6) is 0.399. The van der Waals surface area contributed by atoms with Gasteiger partial charge in [-0.05, 0) is 28.0 Å². The molecule has 0 aromatic heterocycles. The van der Waals surface area contributed by atoms with Gasteiger partial charge in [0.2, 0.25) is 0 Å². The van der Waals surface area contributed by atoms with Gasteiger partial charge in [-0.3, -0.25) is 0 Å². The van der Waals surface area contributed by atoms with E-state index in [0.717, 1.165) is 5.56 Å². The molecule has 7 aromatic rings. The average molecular weight is 850 g/mol. The molecule has 0 saturated heterocycles. The van der Waals surface area contributed by atoms with Gasteiger partial charge in [-0.25, -0.2) is 0 Å². The molecular weight excluding hydrogens is 792 g/mol. The maximum atomic E-state index is 9.84. The fourth-order valence-electron chi connectivity index (χ4n) is 9.67. The molecule has 0 heterocycles. The van der Waals surface area contributed by atoms with E-state index < -0.39 is 21.3 Å². The molecule has 0 bridgehead atoms. The summed E-state index contributed by atoms with van der Waals surface area (Å²) in [6.45, 7) is 22.6. The van der Waals surface area contributed by atoms with Crippen molar-refractivity contribution in [1.29, 1.82) is 0 Å². The van der Waals surface area contributed by atoms with Crippen LogP contribution in [0.5, 0.6) is 5.75 Å². The zero-order valence-electron chi connectivity index (χ0n) is 36.5. The van der Waals surface area contributed by atoms with Crippen molar-refractivity contribution in [2.24, 2.45) is 0 Å². The van der Waals surface area contributed by atoms with Crippen molar-refractivity contribution in [3.05, 3.63) is 184 Å². The molecule has 0 saturated carbocycles. The second-order valence-corrected chi connectivity index (χ2v) is 26.5. The van der Waals surface area contributed by atoms with E-state index in [1.807, 2.05) is 6.07 Å². The predicted molar refractivity (Wildman–Crippen MR) is 253 cm³/mol. The number of hydrogen-bond acceptors (Lipinski definition) is 1. The van der Waals surface area contributed by atoms with Gasteiger partial charge in [0.05, 0.1) is 0 Å². The maximum absolute atomic E-state index is 9.84. The fraction of sp³-hybridized carbons (Fsp3) is 0.246. The third kappa shape index (κ3) is 7.71. The molecular formula is C57H58OZr. The Labute approximate surface area is 360 Å². The first-order chi connectivity index (χ1) is 28.1. The second-order valence-electron chi connectivity index (χ2n) is 19.0. The molecule has 1 N–H and O–H groups in total. The number of phenolic OH excluding ortho intramolecular Hbond substituents is 1. The predicted octanol–water partition coefficient (Wildman–Crippen LogP) is 15.8. The van der Waals surface area contributed by atoms with Gasteiger partial charge in [-0.1, -0.05) is 53.7 Å². The zero-order valence-corrected chi connectivity index (χ0v) is 39.0. The van der Waals surface area contributed by atoms with Gasteiger partial charge < -0.3 is 5.11 Å². The summed E-state index contributed by atoms with van der Waals surface area (Å²) in [7, 11) is 0. The van der Waals surface area contributed by atoms with Crippen LogP contribution < -0.4 is 0 Å². The van der Waals surface area contributed by atoms with Crippen molar-refractivity contribution in [2.45, 2.75) is 87.3 Å². The van der Waals surface area contributed by atoms with E-state index >= 15 is 0 Å². The third-order valence-corrected chi connectivity index (χ3v) is 22.2. The minimum atomic E-state index is -2.35. The normalized spacial score (nSPS) is 15.9. The average Bonchev–Trinajstić information content (AvgIpc) is 3.72. The summed E-state index contributed by atoms with van der Waals surface area (Å²) in [6.07, 6.45) is 5.06. The standard InChI is InChI=1S/2C20H15.C14H22O.C3H6.Zr/c2*1-14-12-16-8-5-11-19(20(16)13-14)18-10-4-7-15-6-2-3-9-17(15)18;1-13(2,3)10-7-8-12(15)11(9-10)14(4,5)6;1-3-2;/h2*2-13H,1H3;7-9,15H,1-6H3;1-2H3;. The molecule has 2 unspecified atom stereocenters. The van der Waals surface area contributed by atoms with Gasteiger partial charge in [0.25, 0.3) is 0 Å². The first-order valence-electron chi connectivity index (χ1n) is 21.2. The van der Waals surface area contributed by atoms with Gasteiger partial charge in [0, 0.05) is 0 Å². The number of rotatable bonds is 4. The van der Waals surface area contributed by atoms with Crippen LogP contribution >= 0.6 is 0 Å². The van der Waals surface area contributed by atoms with Gasteiger partial charge in [0.1, 0.15) is 5.75 Å². The molecule has 1 nitrogen and oxygen atoms in total. The molecule has 0 aliphatic heterocycles. The molecule has 0 spiro atoms. The molecule has 2 heteroatoms. The zero-order chi connectivity index (χ0) is 41.8. The summed E-state index contributed by atoms with van der Waals surface area (Å²) in [6, 6.07) is 51.2. The monoisotopic (exact) mass is 848 g/mol. The summed E-state index contributed by atoms with van der Waals surface area (Å²) in [5, 5.41) is 15.1. The molecule has 0 fully saturated rings. The SMILES string of the molecule is CC(C)(C)c1ccc(O)c(C(C)(C)C)c1.CC1=Cc2c(-c3cccc4ccccc34)cccc2[CH]1[Zr](=[C](C)C)[CH]1C(C)=Cc2c(-c3cccc4ccccc34)cccc21. The minimum absolute atomic E-state index is 0.00859. The van der Waals surface area contributed by atoms with E-state index in [2.05, 4.69) is 209 Å². The molecule has 9 rings (SSSR count). The van der Waals surface area contributed by atoms with Crippen LogP contribution in [-0.2, 0) is 32.1 Å². The molecule has 2 aliphatic rings. The number of allylic oxidation sites excluding steroid dienone is 2. The van der Waals surface area contributed by atoms with E-state index in [4.69, 9.17) is 0 Å². The van der Waals surface area contributed by atoms with Crippen molar-refractivity contribution >= 4 is 36.9 Å². The quantitative estimate of drug-likeness (QED) is 0.187. The number of fused-ring (bicyclic) bond motifs is 4. The summed E-state index contributed by atoms with van der Waals surface area (Å²) >= 11 is -2.35. The van der Waals surface area contributed by atoms with E-state index in [9.17, 15) is 5.11 Å². The summed E-state index contributed by atoms with van der Waals surface area (Å²) in [4.78, 5) is 0. The van der Waals surface area contributed by atoms with Crippen LogP contribution in [-0.4, -0.2) is 8.31 Å². The van der Waals surface area contributed by atoms with Crippen LogP contribution in [0.1, 0.15) is 110 Å². The van der Waals surface area contributed by atoms with Crippen molar-refractivity contribution in [3.8, 4) is 28.0 Å². The number of hydrogen-bond donors (Lipinski definition) is 1. The molecule has 2 atom stereocenters. The first-order valence-corrected chi connectivity index (χ1v) is 25.3. The van der Waals surface area contributed by atoms with E-state index in [0.29, 0.717) is 13.0 Å². The Morgan fingerprint density at radius 1 is 0.492 bits per heavy atom. The van der Waals surface area contributed by atoms with Crippen molar-refractivity contribution < 1.29 is 26.4 Å². The van der Waals surface area contributed by atoms with E-state index in [1.54, 1.807) is 31.5 Å². The Bertz CT molecular complexity index is 2680. The molecule has 59 heavy (non-hydrogen) atoms. The Morgan fingerprint density at radius 3 is 1.36 bits per heavy atom. The summed E-state index contributed by atoms with van der Waals surface area (Å²) in [5.41, 5.74) is 16.9. The van der Waals surface area contributed by atoms with Gasteiger partial charge >= 0.3 is 270 Å². The molecule has 7 aromatic carbocycles. The molecule has 0 amide bonds. The van der Waals surface area contributed by atoms with Crippen LogP contribution in [0.25, 0.3) is 56.0 Å². The van der Waals surface area contributed by atoms with Crippen LogP contribution in [0.4, 0.5) is 0 Å². The summed E-state index contributed by atoms with van der Waals surface area (Å²) < 4.78 is 2.76. The Kier molecular flexibility index (Phi) is 11.0. The van der Waals surface area contributed by atoms with Crippen molar-refractivity contribution in [2.75, 3.05) is 0 Å². The van der Waals surface area contributed by atoms with Crippen LogP contribution in [0, 0.1) is 0 Å². The number of phenols is 1. The Hall–Kier alpha value is -4.91. The first kappa shape index (κ1) is 40.9. The topological polar surface area (TPSA) is 20.2 Å². The van der Waals surface area contributed by atoms with Crippen LogP contribution in [0.3, 0.4) is 0 Å². The van der Waals surface area contributed by atoms with Crippen molar-refractivity contribution in [3.63, 3.8) is 0 Å². The van der Waals surface area contributed by atoms with E-state index in [-0.39, 0.29) is 10.8 Å². The van der Waals surface area contributed by atoms with E-state index in [1.165, 1.54) is 60.5 Å². The molecule has 2 aliphatic carbocycles. The molecule has 0 radical (unpaired) electrons. The van der Waals surface area contributed by atoms with Gasteiger partial charge in [-0.2, -0.15) is 0 Å². The Balaban J connectivity index is 0.000000274. The number of aromatic hydroxyl groups is 1. The second kappa shape index (κ2) is 15.9. The molecule has 296 valence electrons. The van der Waals surface area contributed by atoms with Gasteiger partial charge in [0.15, 0.2) is 0 Å². The fourth-order valence-corrected chi connectivity index (χ4v) is 19.0. The van der Waals surface area contributed by atoms with Gasteiger partial charge in [-0.15, -0.1) is 0 Å². The Morgan fingerprint density at radius 2 is 0.915 bits per heavy atom. The number of benzene rings is 7. The van der Waals surface area contributed by atoms with Crippen LogP contribution in [0.2, 0.25) is 0 Å². The third-order valence-electron chi connectivity index (χ3n) is 12.6.